The molecule has 0 atom stereocenters. The van der Waals surface area contributed by atoms with Crippen LogP contribution in [0.5, 0.6) is 0 Å². The minimum absolute atomic E-state index is 0.792. The average Bonchev–Trinajstić information content (AvgIpc) is 2.96. The summed E-state index contributed by atoms with van der Waals surface area (Å²) >= 11 is 7.41. The third kappa shape index (κ3) is 5.40. The van der Waals surface area contributed by atoms with Gasteiger partial charge in [-0.2, -0.15) is 0 Å². The molecule has 1 heterocycles. The van der Waals surface area contributed by atoms with Crippen molar-refractivity contribution < 1.29 is 4.90 Å². The van der Waals surface area contributed by atoms with Crippen LogP contribution in [0.1, 0.15) is 10.4 Å². The Bertz CT molecular complexity index is 594. The Morgan fingerprint density at radius 1 is 1.27 bits per heavy atom. The van der Waals surface area contributed by atoms with Gasteiger partial charge in [0.25, 0.3) is 0 Å². The van der Waals surface area contributed by atoms with Gasteiger partial charge in [0, 0.05) is 10.6 Å². The van der Waals surface area contributed by atoms with Gasteiger partial charge in [-0.05, 0) is 48.3 Å². The van der Waals surface area contributed by atoms with Crippen LogP contribution in [0.15, 0.2) is 41.8 Å². The van der Waals surface area contributed by atoms with E-state index in [9.17, 15) is 0 Å². The molecule has 0 radical (unpaired) electrons. The monoisotopic (exact) mass is 334 g/mol. The van der Waals surface area contributed by atoms with Crippen molar-refractivity contribution in [3.63, 3.8) is 0 Å². The zero-order chi connectivity index (χ0) is 15.9. The number of anilines is 1. The number of rotatable bonds is 6. The van der Waals surface area contributed by atoms with Gasteiger partial charge in [0.15, 0.2) is 5.11 Å². The van der Waals surface area contributed by atoms with Crippen LogP contribution >= 0.6 is 23.6 Å². The van der Waals surface area contributed by atoms with Gasteiger partial charge in [-0.15, -0.1) is 11.3 Å². The molecular formula is C17H24N3S2+. The van der Waals surface area contributed by atoms with Crippen molar-refractivity contribution in [2.45, 2.75) is 13.5 Å². The highest BCUT2D eigenvalue weighted by atomic mass is 32.1. The van der Waals surface area contributed by atoms with Crippen LogP contribution in [-0.2, 0) is 6.54 Å². The van der Waals surface area contributed by atoms with E-state index in [0.29, 0.717) is 0 Å². The van der Waals surface area contributed by atoms with E-state index in [2.05, 4.69) is 66.9 Å². The molecule has 0 amide bonds. The lowest BCUT2D eigenvalue weighted by Crippen LogP contribution is -3.06. The maximum atomic E-state index is 5.64. The highest BCUT2D eigenvalue weighted by molar-refractivity contribution is 7.80. The number of thiocarbonyl (C=S) groups is 1. The Balaban J connectivity index is 2.04. The molecule has 2 rings (SSSR count). The van der Waals surface area contributed by atoms with Crippen LogP contribution in [0, 0.1) is 6.92 Å². The second kappa shape index (κ2) is 8.27. The first-order valence-corrected chi connectivity index (χ1v) is 8.77. The second-order valence-electron chi connectivity index (χ2n) is 5.76. The first-order valence-electron chi connectivity index (χ1n) is 7.48. The fourth-order valence-corrected chi connectivity index (χ4v) is 3.12. The van der Waals surface area contributed by atoms with Gasteiger partial charge in [0.05, 0.1) is 33.7 Å². The number of quaternary nitrogens is 1. The third-order valence-corrected chi connectivity index (χ3v) is 4.59. The molecule has 0 bridgehead atoms. The molecule has 1 aromatic carbocycles. The van der Waals surface area contributed by atoms with E-state index in [1.54, 1.807) is 11.3 Å². The number of nitrogens with one attached hydrogen (secondary N) is 2. The molecule has 0 fully saturated rings. The predicted octanol–water partition coefficient (Wildman–Crippen LogP) is 2.40. The molecule has 0 aliphatic rings. The van der Waals surface area contributed by atoms with Crippen molar-refractivity contribution in [1.82, 2.24) is 4.90 Å². The SMILES string of the molecule is Cc1cccc(NC(=S)N(CC[NH+](C)C)Cc2cccs2)c1. The van der Waals surface area contributed by atoms with Gasteiger partial charge in [0.1, 0.15) is 0 Å². The van der Waals surface area contributed by atoms with Crippen LogP contribution in [0.4, 0.5) is 5.69 Å². The quantitative estimate of drug-likeness (QED) is 0.792. The topological polar surface area (TPSA) is 19.7 Å². The molecule has 5 heteroatoms. The molecule has 118 valence electrons. The fourth-order valence-electron chi connectivity index (χ4n) is 2.13. The number of likely N-dealkylation sites (N-methyl/N-ethyl adjacent to an activating group) is 1. The summed E-state index contributed by atoms with van der Waals surface area (Å²) in [4.78, 5) is 5.01. The van der Waals surface area contributed by atoms with E-state index in [1.165, 1.54) is 15.3 Å². The molecule has 0 unspecified atom stereocenters. The van der Waals surface area contributed by atoms with E-state index in [0.717, 1.165) is 30.4 Å². The van der Waals surface area contributed by atoms with Crippen LogP contribution in [-0.4, -0.2) is 37.2 Å². The fraction of sp³-hybridized carbons (Fsp3) is 0.353. The summed E-state index contributed by atoms with van der Waals surface area (Å²) in [5.74, 6) is 0. The van der Waals surface area contributed by atoms with Gasteiger partial charge < -0.3 is 15.1 Å². The number of thiophene rings is 1. The first kappa shape index (κ1) is 16.9. The highest BCUT2D eigenvalue weighted by Gasteiger charge is 2.12. The number of benzene rings is 1. The molecule has 3 nitrogen and oxygen atoms in total. The average molecular weight is 335 g/mol. The lowest BCUT2D eigenvalue weighted by molar-refractivity contribution is -0.857. The summed E-state index contributed by atoms with van der Waals surface area (Å²) in [6.45, 7) is 4.95. The summed E-state index contributed by atoms with van der Waals surface area (Å²) in [5.41, 5.74) is 2.29. The molecule has 0 aliphatic carbocycles. The van der Waals surface area contributed by atoms with E-state index in [-0.39, 0.29) is 0 Å². The van der Waals surface area contributed by atoms with E-state index >= 15 is 0 Å². The van der Waals surface area contributed by atoms with Crippen molar-refractivity contribution in [1.29, 1.82) is 0 Å². The van der Waals surface area contributed by atoms with Crippen LogP contribution < -0.4 is 10.2 Å². The Labute approximate surface area is 142 Å². The van der Waals surface area contributed by atoms with Crippen LogP contribution in [0.2, 0.25) is 0 Å². The zero-order valence-corrected chi connectivity index (χ0v) is 15.1. The van der Waals surface area contributed by atoms with E-state index in [1.807, 2.05) is 6.07 Å². The Kier molecular flexibility index (Phi) is 6.36. The Hall–Kier alpha value is -1.43. The van der Waals surface area contributed by atoms with Crippen LogP contribution in [0.3, 0.4) is 0 Å². The van der Waals surface area contributed by atoms with Crippen molar-refractivity contribution >= 4 is 34.4 Å². The first-order chi connectivity index (χ1) is 10.5. The summed E-state index contributed by atoms with van der Waals surface area (Å²) in [6.07, 6.45) is 0. The summed E-state index contributed by atoms with van der Waals surface area (Å²) in [7, 11) is 4.33. The standard InChI is InChI=1S/C17H23N3S2/c1-14-6-4-7-15(12-14)18-17(21)20(10-9-19(2)3)13-16-8-5-11-22-16/h4-8,11-12H,9-10,13H2,1-3H3,(H,18,21)/p+1. The molecule has 0 saturated heterocycles. The maximum Gasteiger partial charge on any atom is 0.173 e. The summed E-state index contributed by atoms with van der Waals surface area (Å²) < 4.78 is 0. The lowest BCUT2D eigenvalue weighted by Gasteiger charge is -2.26. The molecule has 0 saturated carbocycles. The smallest absolute Gasteiger partial charge is 0.173 e. The van der Waals surface area contributed by atoms with Gasteiger partial charge in [-0.3, -0.25) is 0 Å². The van der Waals surface area contributed by atoms with Gasteiger partial charge in [-0.25, -0.2) is 0 Å². The minimum atomic E-state index is 0.792. The van der Waals surface area contributed by atoms with Gasteiger partial charge in [-0.1, -0.05) is 18.2 Å². The molecule has 22 heavy (non-hydrogen) atoms. The Morgan fingerprint density at radius 3 is 2.73 bits per heavy atom. The summed E-state index contributed by atoms with van der Waals surface area (Å²) in [6, 6.07) is 12.6. The van der Waals surface area contributed by atoms with Crippen molar-refractivity contribution in [3.05, 3.63) is 52.2 Å². The lowest BCUT2D eigenvalue weighted by atomic mass is 10.2. The third-order valence-electron chi connectivity index (χ3n) is 3.37. The van der Waals surface area contributed by atoms with Crippen molar-refractivity contribution in [3.8, 4) is 0 Å². The normalized spacial score (nSPS) is 10.7. The predicted molar refractivity (Wildman–Crippen MR) is 99.8 cm³/mol. The molecule has 1 aromatic heterocycles. The van der Waals surface area contributed by atoms with Gasteiger partial charge >= 0.3 is 0 Å². The number of hydrogen-bond donors (Lipinski definition) is 2. The summed E-state index contributed by atoms with van der Waals surface area (Å²) in [5, 5.41) is 6.28. The van der Waals surface area contributed by atoms with E-state index in [4.69, 9.17) is 12.2 Å². The molecular weight excluding hydrogens is 310 g/mol. The maximum absolute atomic E-state index is 5.64. The second-order valence-corrected chi connectivity index (χ2v) is 7.18. The largest absolute Gasteiger partial charge is 0.338 e. The molecule has 0 spiro atoms. The van der Waals surface area contributed by atoms with Crippen LogP contribution in [0.25, 0.3) is 0 Å². The molecule has 0 aliphatic heterocycles. The van der Waals surface area contributed by atoms with Crippen molar-refractivity contribution in [2.24, 2.45) is 0 Å². The van der Waals surface area contributed by atoms with Crippen molar-refractivity contribution in [2.75, 3.05) is 32.5 Å². The molecule has 2 aromatic rings. The minimum Gasteiger partial charge on any atom is -0.338 e. The van der Waals surface area contributed by atoms with Gasteiger partial charge in [0.2, 0.25) is 0 Å². The number of aryl methyl sites for hydroxylation is 1. The Morgan fingerprint density at radius 2 is 2.09 bits per heavy atom. The highest BCUT2D eigenvalue weighted by Crippen LogP contribution is 2.14. The zero-order valence-electron chi connectivity index (χ0n) is 13.4. The van der Waals surface area contributed by atoms with E-state index < -0.39 is 0 Å². The number of nitrogens with zero attached hydrogens (tertiary/aromatic N) is 1. The number of hydrogen-bond acceptors (Lipinski definition) is 2. The molecule has 2 N–H and O–H groups in total.